The number of unbranched alkanes of at least 4 members (excludes halogenated alkanes) is 50. The highest BCUT2D eigenvalue weighted by atomic mass is 16.6. The molecule has 0 aliphatic rings. The molecule has 514 valence electrons. The molecule has 0 spiro atoms. The van der Waals surface area contributed by atoms with E-state index in [2.05, 4.69) is 27.7 Å². The minimum absolute atomic E-state index is 0.0195. The molecule has 2 N–H and O–H groups in total. The highest BCUT2D eigenvalue weighted by molar-refractivity contribution is 5.90. The Morgan fingerprint density at radius 2 is 0.471 bits per heavy atom. The molecule has 0 aromatic rings. The lowest BCUT2D eigenvalue weighted by Gasteiger charge is -2.31. The van der Waals surface area contributed by atoms with Gasteiger partial charge in [-0.1, -0.05) is 349 Å². The molecule has 0 radical (unpaired) electrons. The number of aliphatic hydroxyl groups excluding tert-OH is 1. The molecule has 0 aliphatic heterocycles. The van der Waals surface area contributed by atoms with Gasteiger partial charge >= 0.3 is 29.8 Å². The molecule has 0 aromatic heterocycles. The second-order valence-corrected chi connectivity index (χ2v) is 26.6. The van der Waals surface area contributed by atoms with Crippen LogP contribution in [0.5, 0.6) is 0 Å². The first-order valence-electron chi connectivity index (χ1n) is 37.6. The average molecular weight is 1240 g/mol. The Balaban J connectivity index is 5.55. The molecular formula is C75H142O12. The van der Waals surface area contributed by atoms with Crippen molar-refractivity contribution < 1.29 is 57.9 Å². The summed E-state index contributed by atoms with van der Waals surface area (Å²) in [6.07, 6.45) is 62.4. The molecular weight excluding hydrogens is 1090 g/mol. The van der Waals surface area contributed by atoms with Crippen molar-refractivity contribution in [3.05, 3.63) is 0 Å². The van der Waals surface area contributed by atoms with Gasteiger partial charge in [-0.15, -0.1) is 0 Å². The van der Waals surface area contributed by atoms with Crippen LogP contribution in [0.3, 0.4) is 0 Å². The van der Waals surface area contributed by atoms with Crippen LogP contribution in [-0.4, -0.2) is 85.3 Å². The monoisotopic (exact) mass is 1240 g/mol. The second-order valence-electron chi connectivity index (χ2n) is 26.6. The van der Waals surface area contributed by atoms with Crippen molar-refractivity contribution >= 4 is 29.8 Å². The van der Waals surface area contributed by atoms with Crippen LogP contribution in [0.15, 0.2) is 0 Å². The summed E-state index contributed by atoms with van der Waals surface area (Å²) in [5, 5.41) is 22.7. The maximum absolute atomic E-state index is 13.8. The van der Waals surface area contributed by atoms with Crippen LogP contribution in [0.25, 0.3) is 0 Å². The predicted octanol–water partition coefficient (Wildman–Crippen LogP) is 21.1. The smallest absolute Gasteiger partial charge is 0.339 e. The van der Waals surface area contributed by atoms with Crippen LogP contribution in [0.4, 0.5) is 0 Å². The van der Waals surface area contributed by atoms with E-state index in [0.717, 1.165) is 77.0 Å². The van der Waals surface area contributed by atoms with E-state index in [1.807, 2.05) is 0 Å². The van der Waals surface area contributed by atoms with Crippen molar-refractivity contribution in [1.82, 2.24) is 0 Å². The highest BCUT2D eigenvalue weighted by Crippen LogP contribution is 2.26. The minimum Gasteiger partial charge on any atom is -0.466 e. The summed E-state index contributed by atoms with van der Waals surface area (Å²) >= 11 is 0. The zero-order valence-electron chi connectivity index (χ0n) is 57.7. The van der Waals surface area contributed by atoms with Crippen molar-refractivity contribution in [2.75, 3.05) is 39.6 Å². The quantitative estimate of drug-likeness (QED) is 0.0336. The van der Waals surface area contributed by atoms with Gasteiger partial charge < -0.3 is 33.9 Å². The van der Waals surface area contributed by atoms with Gasteiger partial charge in [-0.3, -0.25) is 19.2 Å². The fourth-order valence-electron chi connectivity index (χ4n) is 11.5. The van der Waals surface area contributed by atoms with Gasteiger partial charge in [0, 0.05) is 12.8 Å². The summed E-state index contributed by atoms with van der Waals surface area (Å²) in [5.74, 6) is -3.92. The van der Waals surface area contributed by atoms with Gasteiger partial charge in [-0.05, 0) is 25.7 Å². The Morgan fingerprint density at radius 3 is 0.724 bits per heavy atom. The fourth-order valence-corrected chi connectivity index (χ4v) is 11.5. The Morgan fingerprint density at radius 1 is 0.264 bits per heavy atom. The van der Waals surface area contributed by atoms with Gasteiger partial charge in [-0.25, -0.2) is 4.79 Å². The van der Waals surface area contributed by atoms with E-state index in [1.54, 1.807) is 0 Å². The average Bonchev–Trinajstić information content (AvgIpc) is 3.56. The van der Waals surface area contributed by atoms with E-state index in [0.29, 0.717) is 25.7 Å². The summed E-state index contributed by atoms with van der Waals surface area (Å²) in [4.78, 5) is 67.0. The van der Waals surface area contributed by atoms with E-state index in [-0.39, 0.29) is 26.1 Å². The van der Waals surface area contributed by atoms with Crippen LogP contribution < -0.4 is 0 Å². The zero-order valence-corrected chi connectivity index (χ0v) is 57.7. The normalized spacial score (nSPS) is 12.3. The SMILES string of the molecule is CCCCCCCCCCCCCCCCCCOC(=O)CC(O)(CC(=O)OCC(CO)(COC(=O)CCCCCCCCCCCCC)COC(=O)CCCCCCCCCCCCC)C(=O)OCCCCCCCCCCCCCCCCCC. The highest BCUT2D eigenvalue weighted by Gasteiger charge is 2.44. The molecule has 12 nitrogen and oxygen atoms in total. The predicted molar refractivity (Wildman–Crippen MR) is 360 cm³/mol. The lowest BCUT2D eigenvalue weighted by atomic mass is 9.92. The third-order valence-corrected chi connectivity index (χ3v) is 17.7. The number of rotatable bonds is 70. The van der Waals surface area contributed by atoms with E-state index in [9.17, 15) is 34.2 Å². The van der Waals surface area contributed by atoms with Crippen molar-refractivity contribution in [2.45, 2.75) is 406 Å². The Bertz CT molecular complexity index is 1490. The fraction of sp³-hybridized carbons (Fsp3) is 0.933. The van der Waals surface area contributed by atoms with Crippen molar-refractivity contribution in [2.24, 2.45) is 5.41 Å². The molecule has 12 heteroatoms. The number of hydrogen-bond donors (Lipinski definition) is 2. The van der Waals surface area contributed by atoms with E-state index >= 15 is 0 Å². The number of hydrogen-bond acceptors (Lipinski definition) is 12. The van der Waals surface area contributed by atoms with Gasteiger partial charge in [0.05, 0.1) is 38.1 Å². The maximum Gasteiger partial charge on any atom is 0.339 e. The molecule has 0 heterocycles. The molecule has 1 unspecified atom stereocenters. The summed E-state index contributed by atoms with van der Waals surface area (Å²) < 4.78 is 28.1. The molecule has 0 bridgehead atoms. The van der Waals surface area contributed by atoms with Gasteiger partial charge in [0.1, 0.15) is 19.8 Å². The van der Waals surface area contributed by atoms with Crippen molar-refractivity contribution in [3.8, 4) is 0 Å². The van der Waals surface area contributed by atoms with Gasteiger partial charge in [-0.2, -0.15) is 0 Å². The molecule has 0 amide bonds. The standard InChI is InChI=1S/C75H142O12/c1-5-9-13-17-21-25-29-31-33-35-37-41-45-49-53-57-61-83-71(79)63-75(82,73(81)84-62-58-54-50-46-42-38-36-34-32-30-26-22-18-14-10-6-2)64-72(80)87-68-74(65-76,66-85-69(77)59-55-51-47-43-39-27-23-19-15-11-7-3)67-86-70(78)60-56-52-48-44-40-28-24-20-16-12-8-4/h76,82H,5-68H2,1-4H3. The number of ether oxygens (including phenoxy) is 5. The maximum atomic E-state index is 13.8. The van der Waals surface area contributed by atoms with E-state index < -0.39 is 80.1 Å². The zero-order chi connectivity index (χ0) is 63.7. The minimum atomic E-state index is -2.58. The number of esters is 5. The summed E-state index contributed by atoms with van der Waals surface area (Å²) in [6.45, 7) is 7.13. The molecule has 0 fully saturated rings. The van der Waals surface area contributed by atoms with Crippen molar-refractivity contribution in [1.29, 1.82) is 0 Å². The Hall–Kier alpha value is -2.73. The summed E-state index contributed by atoms with van der Waals surface area (Å²) in [5.41, 5.74) is -4.10. The first-order chi connectivity index (χ1) is 42.5. The molecule has 0 aliphatic carbocycles. The van der Waals surface area contributed by atoms with E-state index in [4.69, 9.17) is 23.7 Å². The largest absolute Gasteiger partial charge is 0.466 e. The first-order valence-corrected chi connectivity index (χ1v) is 37.6. The number of aliphatic hydroxyl groups is 2. The third kappa shape index (κ3) is 57.0. The van der Waals surface area contributed by atoms with Gasteiger partial charge in [0.25, 0.3) is 0 Å². The number of carbonyl (C=O) groups excluding carboxylic acids is 5. The molecule has 87 heavy (non-hydrogen) atoms. The van der Waals surface area contributed by atoms with Gasteiger partial charge in [0.2, 0.25) is 0 Å². The Labute approximate surface area is 536 Å². The van der Waals surface area contributed by atoms with Crippen LogP contribution in [0, 0.1) is 5.41 Å². The molecule has 0 saturated heterocycles. The third-order valence-electron chi connectivity index (χ3n) is 17.7. The molecule has 0 saturated carbocycles. The molecule has 0 rings (SSSR count). The first kappa shape index (κ1) is 84.3. The van der Waals surface area contributed by atoms with Gasteiger partial charge in [0.15, 0.2) is 5.60 Å². The lowest BCUT2D eigenvalue weighted by molar-refractivity contribution is -0.180. The second kappa shape index (κ2) is 64.8. The summed E-state index contributed by atoms with van der Waals surface area (Å²) in [7, 11) is 0. The Kier molecular flexibility index (Phi) is 62.8. The van der Waals surface area contributed by atoms with Crippen LogP contribution in [0.1, 0.15) is 400 Å². The lowest BCUT2D eigenvalue weighted by Crippen LogP contribution is -2.46. The molecule has 1 atom stereocenters. The van der Waals surface area contributed by atoms with Crippen LogP contribution >= 0.6 is 0 Å². The summed E-state index contributed by atoms with van der Waals surface area (Å²) in [6, 6.07) is 0. The van der Waals surface area contributed by atoms with E-state index in [1.165, 1.54) is 244 Å². The van der Waals surface area contributed by atoms with Crippen LogP contribution in [0.2, 0.25) is 0 Å². The number of carbonyl (C=O) groups is 5. The van der Waals surface area contributed by atoms with Crippen LogP contribution in [-0.2, 0) is 47.7 Å². The molecule has 0 aromatic carbocycles. The van der Waals surface area contributed by atoms with Crippen molar-refractivity contribution in [3.63, 3.8) is 0 Å². The topological polar surface area (TPSA) is 172 Å².